The summed E-state index contributed by atoms with van der Waals surface area (Å²) in [7, 11) is 0. The van der Waals surface area contributed by atoms with Crippen LogP contribution in [0, 0.1) is 0 Å². The minimum Gasteiger partial charge on any atom is -0.327 e. The predicted molar refractivity (Wildman–Crippen MR) is 70.8 cm³/mol. The van der Waals surface area contributed by atoms with Gasteiger partial charge in [0, 0.05) is 23.7 Å². The zero-order chi connectivity index (χ0) is 12.0. The third kappa shape index (κ3) is 4.20. The van der Waals surface area contributed by atoms with Crippen molar-refractivity contribution in [1.29, 1.82) is 0 Å². The van der Waals surface area contributed by atoms with Gasteiger partial charge in [0.05, 0.1) is 6.04 Å². The van der Waals surface area contributed by atoms with Crippen molar-refractivity contribution in [2.45, 2.75) is 52.1 Å². The second kappa shape index (κ2) is 6.99. The topological polar surface area (TPSA) is 50.9 Å². The molecule has 0 spiro atoms. The lowest BCUT2D eigenvalue weighted by Gasteiger charge is -2.15. The highest BCUT2D eigenvalue weighted by molar-refractivity contribution is 7.11. The molecule has 16 heavy (non-hydrogen) atoms. The Morgan fingerprint density at radius 2 is 2.25 bits per heavy atom. The molecule has 0 amide bonds. The molecule has 0 aliphatic carbocycles. The van der Waals surface area contributed by atoms with E-state index in [0.29, 0.717) is 6.04 Å². The maximum Gasteiger partial charge on any atom is 0.109 e. The first-order chi connectivity index (χ1) is 7.67. The van der Waals surface area contributed by atoms with E-state index in [0.717, 1.165) is 25.8 Å². The minimum atomic E-state index is 0.262. The Balaban J connectivity index is 2.37. The molecule has 0 saturated heterocycles. The van der Waals surface area contributed by atoms with Crippen LogP contribution in [0.2, 0.25) is 0 Å². The summed E-state index contributed by atoms with van der Waals surface area (Å²) < 4.78 is 0. The number of hydrogen-bond donors (Lipinski definition) is 2. The summed E-state index contributed by atoms with van der Waals surface area (Å²) in [5, 5.41) is 4.61. The molecule has 1 rings (SSSR count). The van der Waals surface area contributed by atoms with Crippen LogP contribution in [0.5, 0.6) is 0 Å². The van der Waals surface area contributed by atoms with E-state index in [9.17, 15) is 0 Å². The fourth-order valence-corrected chi connectivity index (χ4v) is 2.46. The Bertz CT molecular complexity index is 298. The van der Waals surface area contributed by atoms with Gasteiger partial charge >= 0.3 is 0 Å². The summed E-state index contributed by atoms with van der Waals surface area (Å²) in [5.41, 5.74) is 5.96. The molecule has 1 aromatic heterocycles. The van der Waals surface area contributed by atoms with Crippen LogP contribution in [-0.2, 0) is 6.42 Å². The van der Waals surface area contributed by atoms with Gasteiger partial charge in [0.2, 0.25) is 0 Å². The lowest BCUT2D eigenvalue weighted by molar-refractivity contribution is 0.492. The summed E-state index contributed by atoms with van der Waals surface area (Å²) in [6.07, 6.45) is 5.27. The van der Waals surface area contributed by atoms with Gasteiger partial charge in [0.15, 0.2) is 0 Å². The molecule has 0 bridgehead atoms. The SMILES string of the molecule is CCCC(N)CNC(C)c1ncc(CC)s1. The maximum atomic E-state index is 5.96. The average molecular weight is 241 g/mol. The van der Waals surface area contributed by atoms with Crippen LogP contribution >= 0.6 is 11.3 Å². The van der Waals surface area contributed by atoms with Crippen LogP contribution in [0.4, 0.5) is 0 Å². The molecular formula is C12H23N3S. The summed E-state index contributed by atoms with van der Waals surface area (Å²) in [6.45, 7) is 7.34. The summed E-state index contributed by atoms with van der Waals surface area (Å²) in [6, 6.07) is 0.575. The van der Waals surface area contributed by atoms with Crippen molar-refractivity contribution in [1.82, 2.24) is 10.3 Å². The standard InChI is InChI=1S/C12H23N3S/c1-4-6-10(13)7-14-9(3)12-15-8-11(5-2)16-12/h8-10,14H,4-7,13H2,1-3H3. The predicted octanol–water partition coefficient (Wildman–Crippen LogP) is 2.48. The number of nitrogens with one attached hydrogen (secondary N) is 1. The average Bonchev–Trinajstić information content (AvgIpc) is 2.75. The molecule has 0 fully saturated rings. The van der Waals surface area contributed by atoms with Crippen LogP contribution in [0.3, 0.4) is 0 Å². The third-order valence-electron chi connectivity index (χ3n) is 2.64. The first-order valence-electron chi connectivity index (χ1n) is 6.10. The lowest BCUT2D eigenvalue weighted by atomic mass is 10.2. The fraction of sp³-hybridized carbons (Fsp3) is 0.750. The molecule has 0 aliphatic rings. The Hall–Kier alpha value is -0.450. The van der Waals surface area contributed by atoms with Crippen LogP contribution in [-0.4, -0.2) is 17.6 Å². The first kappa shape index (κ1) is 13.6. The quantitative estimate of drug-likeness (QED) is 0.771. The number of nitrogens with zero attached hydrogens (tertiary/aromatic N) is 1. The van der Waals surface area contributed by atoms with Crippen molar-refractivity contribution >= 4 is 11.3 Å². The highest BCUT2D eigenvalue weighted by Gasteiger charge is 2.10. The summed E-state index contributed by atoms with van der Waals surface area (Å²) in [5.74, 6) is 0. The summed E-state index contributed by atoms with van der Waals surface area (Å²) >= 11 is 1.79. The lowest BCUT2D eigenvalue weighted by Crippen LogP contribution is -2.34. The van der Waals surface area contributed by atoms with Crippen LogP contribution in [0.15, 0.2) is 6.20 Å². The number of thiazole rings is 1. The van der Waals surface area contributed by atoms with E-state index in [1.165, 1.54) is 9.88 Å². The number of hydrogen-bond acceptors (Lipinski definition) is 4. The normalized spacial score (nSPS) is 15.0. The molecule has 2 atom stereocenters. The molecule has 0 radical (unpaired) electrons. The number of aryl methyl sites for hydroxylation is 1. The van der Waals surface area contributed by atoms with E-state index < -0.39 is 0 Å². The van der Waals surface area contributed by atoms with Gasteiger partial charge in [-0.2, -0.15) is 0 Å². The zero-order valence-electron chi connectivity index (χ0n) is 10.5. The Morgan fingerprint density at radius 3 is 2.81 bits per heavy atom. The highest BCUT2D eigenvalue weighted by atomic mass is 32.1. The monoisotopic (exact) mass is 241 g/mol. The molecule has 0 aliphatic heterocycles. The van der Waals surface area contributed by atoms with Gasteiger partial charge in [-0.3, -0.25) is 0 Å². The molecular weight excluding hydrogens is 218 g/mol. The van der Waals surface area contributed by atoms with Crippen molar-refractivity contribution in [3.63, 3.8) is 0 Å². The van der Waals surface area contributed by atoms with Crippen molar-refractivity contribution in [3.05, 3.63) is 16.1 Å². The van der Waals surface area contributed by atoms with Gasteiger partial charge in [-0.1, -0.05) is 20.3 Å². The second-order valence-electron chi connectivity index (χ2n) is 4.20. The van der Waals surface area contributed by atoms with Crippen molar-refractivity contribution in [3.8, 4) is 0 Å². The van der Waals surface area contributed by atoms with Crippen molar-refractivity contribution in [2.75, 3.05) is 6.54 Å². The zero-order valence-corrected chi connectivity index (χ0v) is 11.3. The second-order valence-corrected chi connectivity index (χ2v) is 5.34. The molecule has 0 aromatic carbocycles. The van der Waals surface area contributed by atoms with E-state index in [1.807, 2.05) is 6.20 Å². The van der Waals surface area contributed by atoms with Crippen molar-refractivity contribution in [2.24, 2.45) is 5.73 Å². The first-order valence-corrected chi connectivity index (χ1v) is 6.92. The smallest absolute Gasteiger partial charge is 0.109 e. The molecule has 0 saturated carbocycles. The Labute approximate surface area is 102 Å². The van der Waals surface area contributed by atoms with Gasteiger partial charge in [0.25, 0.3) is 0 Å². The maximum absolute atomic E-state index is 5.96. The van der Waals surface area contributed by atoms with E-state index in [4.69, 9.17) is 5.73 Å². The van der Waals surface area contributed by atoms with E-state index in [2.05, 4.69) is 31.1 Å². The molecule has 3 nitrogen and oxygen atoms in total. The molecule has 4 heteroatoms. The van der Waals surface area contributed by atoms with Gasteiger partial charge in [0.1, 0.15) is 5.01 Å². The van der Waals surface area contributed by atoms with Crippen LogP contribution in [0.1, 0.15) is 49.5 Å². The van der Waals surface area contributed by atoms with Gasteiger partial charge in [-0.15, -0.1) is 11.3 Å². The highest BCUT2D eigenvalue weighted by Crippen LogP contribution is 2.19. The number of aromatic nitrogens is 1. The molecule has 1 aromatic rings. The van der Waals surface area contributed by atoms with E-state index in [-0.39, 0.29) is 6.04 Å². The number of rotatable bonds is 7. The van der Waals surface area contributed by atoms with E-state index in [1.54, 1.807) is 11.3 Å². The van der Waals surface area contributed by atoms with Gasteiger partial charge in [-0.25, -0.2) is 4.98 Å². The van der Waals surface area contributed by atoms with Gasteiger partial charge < -0.3 is 11.1 Å². The Morgan fingerprint density at radius 1 is 1.50 bits per heavy atom. The molecule has 2 unspecified atom stereocenters. The van der Waals surface area contributed by atoms with Crippen LogP contribution in [0.25, 0.3) is 0 Å². The molecule has 1 heterocycles. The summed E-state index contributed by atoms with van der Waals surface area (Å²) in [4.78, 5) is 5.77. The fourth-order valence-electron chi connectivity index (χ4n) is 1.57. The third-order valence-corrected chi connectivity index (χ3v) is 3.96. The largest absolute Gasteiger partial charge is 0.327 e. The number of nitrogens with two attached hydrogens (primary N) is 1. The van der Waals surface area contributed by atoms with Crippen molar-refractivity contribution < 1.29 is 0 Å². The molecule has 92 valence electrons. The Kier molecular flexibility index (Phi) is 5.95. The van der Waals surface area contributed by atoms with E-state index >= 15 is 0 Å². The molecule has 3 N–H and O–H groups in total. The minimum absolute atomic E-state index is 0.262. The van der Waals surface area contributed by atoms with Gasteiger partial charge in [-0.05, 0) is 19.8 Å². The van der Waals surface area contributed by atoms with Crippen LogP contribution < -0.4 is 11.1 Å².